The van der Waals surface area contributed by atoms with E-state index in [1.807, 2.05) is 0 Å². The first-order valence-corrected chi connectivity index (χ1v) is 6.53. The lowest BCUT2D eigenvalue weighted by Crippen LogP contribution is -2.45. The zero-order valence-corrected chi connectivity index (χ0v) is 11.2. The molecule has 104 valence electrons. The highest BCUT2D eigenvalue weighted by atomic mass is 16.5. The van der Waals surface area contributed by atoms with E-state index in [1.165, 1.54) is 0 Å². The van der Waals surface area contributed by atoms with Crippen molar-refractivity contribution in [3.63, 3.8) is 0 Å². The Morgan fingerprint density at radius 2 is 2.11 bits per heavy atom. The smallest absolute Gasteiger partial charge is 0.305 e. The normalized spacial score (nSPS) is 20.4. The Labute approximate surface area is 108 Å². The van der Waals surface area contributed by atoms with Gasteiger partial charge in [0, 0.05) is 18.6 Å². The van der Waals surface area contributed by atoms with Gasteiger partial charge in [0.15, 0.2) is 0 Å². The van der Waals surface area contributed by atoms with Gasteiger partial charge >= 0.3 is 5.97 Å². The molecule has 1 aliphatic rings. The fourth-order valence-electron chi connectivity index (χ4n) is 2.19. The van der Waals surface area contributed by atoms with Gasteiger partial charge < -0.3 is 15.2 Å². The van der Waals surface area contributed by atoms with Crippen LogP contribution in [0.1, 0.15) is 52.4 Å². The average Bonchev–Trinajstić information content (AvgIpc) is 2.25. The highest BCUT2D eigenvalue weighted by Crippen LogP contribution is 2.17. The number of ether oxygens (including phenoxy) is 1. The van der Waals surface area contributed by atoms with Gasteiger partial charge in [-0.05, 0) is 39.5 Å². The molecule has 0 spiro atoms. The summed E-state index contributed by atoms with van der Waals surface area (Å²) in [7, 11) is 0. The maximum atomic E-state index is 11.7. The molecule has 5 nitrogen and oxygen atoms in total. The lowest BCUT2D eigenvalue weighted by atomic mass is 9.99. The largest absolute Gasteiger partial charge is 0.481 e. The van der Waals surface area contributed by atoms with E-state index in [1.54, 1.807) is 13.8 Å². The molecule has 0 aromatic rings. The average molecular weight is 257 g/mol. The molecule has 1 fully saturated rings. The molecule has 1 atom stereocenters. The van der Waals surface area contributed by atoms with E-state index < -0.39 is 11.5 Å². The van der Waals surface area contributed by atoms with Crippen LogP contribution in [0.15, 0.2) is 0 Å². The van der Waals surface area contributed by atoms with Crippen molar-refractivity contribution < 1.29 is 19.4 Å². The molecular formula is C13H23NO4. The summed E-state index contributed by atoms with van der Waals surface area (Å²) in [5.41, 5.74) is -0.698. The number of rotatable bonds is 6. The van der Waals surface area contributed by atoms with Crippen molar-refractivity contribution >= 4 is 11.9 Å². The lowest BCUT2D eigenvalue weighted by molar-refractivity contribution is -0.138. The highest BCUT2D eigenvalue weighted by molar-refractivity contribution is 5.78. The zero-order valence-electron chi connectivity index (χ0n) is 11.2. The summed E-state index contributed by atoms with van der Waals surface area (Å²) in [6.45, 7) is 4.23. The number of amides is 1. The van der Waals surface area contributed by atoms with Crippen molar-refractivity contribution in [2.75, 3.05) is 6.61 Å². The number of hydrogen-bond acceptors (Lipinski definition) is 3. The van der Waals surface area contributed by atoms with Gasteiger partial charge in [0.05, 0.1) is 12.5 Å². The third-order valence-corrected chi connectivity index (χ3v) is 3.04. The van der Waals surface area contributed by atoms with Gasteiger partial charge in [-0.2, -0.15) is 0 Å². The summed E-state index contributed by atoms with van der Waals surface area (Å²) in [4.78, 5) is 22.4. The predicted molar refractivity (Wildman–Crippen MR) is 67.3 cm³/mol. The molecule has 0 radical (unpaired) electrons. The Morgan fingerprint density at radius 3 is 2.67 bits per heavy atom. The molecule has 1 aliphatic heterocycles. The number of carbonyl (C=O) groups excluding carboxylic acids is 1. The minimum absolute atomic E-state index is 0.0708. The summed E-state index contributed by atoms with van der Waals surface area (Å²) in [5, 5.41) is 11.5. The van der Waals surface area contributed by atoms with Crippen molar-refractivity contribution in [3.8, 4) is 0 Å². The topological polar surface area (TPSA) is 75.6 Å². The van der Waals surface area contributed by atoms with E-state index in [-0.39, 0.29) is 18.4 Å². The van der Waals surface area contributed by atoms with Crippen molar-refractivity contribution in [1.82, 2.24) is 5.32 Å². The third-order valence-electron chi connectivity index (χ3n) is 3.04. The molecule has 5 heteroatoms. The summed E-state index contributed by atoms with van der Waals surface area (Å²) in [5.74, 6) is -1.01. The molecule has 0 saturated carbocycles. The van der Waals surface area contributed by atoms with E-state index in [0.29, 0.717) is 6.42 Å². The first-order valence-electron chi connectivity index (χ1n) is 6.53. The Bertz CT molecular complexity index is 295. The number of hydrogen-bond donors (Lipinski definition) is 2. The van der Waals surface area contributed by atoms with Gasteiger partial charge in [0.25, 0.3) is 0 Å². The second-order valence-corrected chi connectivity index (χ2v) is 5.53. The highest BCUT2D eigenvalue weighted by Gasteiger charge is 2.24. The summed E-state index contributed by atoms with van der Waals surface area (Å²) >= 11 is 0. The van der Waals surface area contributed by atoms with Crippen LogP contribution in [0, 0.1) is 0 Å². The molecule has 1 unspecified atom stereocenters. The lowest BCUT2D eigenvalue weighted by Gasteiger charge is -2.26. The van der Waals surface area contributed by atoms with Crippen LogP contribution in [0.2, 0.25) is 0 Å². The Balaban J connectivity index is 2.25. The first-order chi connectivity index (χ1) is 8.39. The SMILES string of the molecule is CC(C)(CC(=O)O)NC(=O)CCC1CCCCO1. The van der Waals surface area contributed by atoms with Gasteiger partial charge in [-0.25, -0.2) is 0 Å². The van der Waals surface area contributed by atoms with Gasteiger partial charge in [0.2, 0.25) is 5.91 Å². The van der Waals surface area contributed by atoms with E-state index in [4.69, 9.17) is 9.84 Å². The fourth-order valence-corrected chi connectivity index (χ4v) is 2.19. The molecule has 0 aromatic heterocycles. The monoisotopic (exact) mass is 257 g/mol. The predicted octanol–water partition coefficient (Wildman–Crippen LogP) is 1.71. The number of nitrogens with one attached hydrogen (secondary N) is 1. The first kappa shape index (κ1) is 15.0. The fraction of sp³-hybridized carbons (Fsp3) is 0.846. The Hall–Kier alpha value is -1.10. The van der Waals surface area contributed by atoms with Crippen LogP contribution < -0.4 is 5.32 Å². The van der Waals surface area contributed by atoms with Crippen LogP contribution in [-0.4, -0.2) is 35.2 Å². The van der Waals surface area contributed by atoms with Crippen molar-refractivity contribution in [2.24, 2.45) is 0 Å². The number of carboxylic acid groups (broad SMARTS) is 1. The molecule has 1 rings (SSSR count). The second kappa shape index (κ2) is 6.73. The number of aliphatic carboxylic acids is 1. The maximum absolute atomic E-state index is 11.7. The quantitative estimate of drug-likeness (QED) is 0.759. The molecule has 0 aliphatic carbocycles. The molecule has 18 heavy (non-hydrogen) atoms. The summed E-state index contributed by atoms with van der Waals surface area (Å²) in [6, 6.07) is 0. The van der Waals surface area contributed by atoms with Crippen molar-refractivity contribution in [2.45, 2.75) is 64.0 Å². The number of carboxylic acids is 1. The van der Waals surface area contributed by atoms with E-state index in [0.717, 1.165) is 32.3 Å². The summed E-state index contributed by atoms with van der Waals surface area (Å²) < 4.78 is 5.55. The minimum Gasteiger partial charge on any atom is -0.481 e. The molecule has 1 heterocycles. The molecule has 0 aromatic carbocycles. The van der Waals surface area contributed by atoms with E-state index in [2.05, 4.69) is 5.32 Å². The second-order valence-electron chi connectivity index (χ2n) is 5.53. The Morgan fingerprint density at radius 1 is 1.39 bits per heavy atom. The molecule has 1 saturated heterocycles. The van der Waals surface area contributed by atoms with Crippen LogP contribution in [-0.2, 0) is 14.3 Å². The minimum atomic E-state index is -0.907. The molecule has 1 amide bonds. The van der Waals surface area contributed by atoms with Crippen LogP contribution in [0.3, 0.4) is 0 Å². The van der Waals surface area contributed by atoms with Crippen LogP contribution in [0.4, 0.5) is 0 Å². The maximum Gasteiger partial charge on any atom is 0.305 e. The van der Waals surface area contributed by atoms with Crippen molar-refractivity contribution in [3.05, 3.63) is 0 Å². The van der Waals surface area contributed by atoms with Gasteiger partial charge in [0.1, 0.15) is 0 Å². The third kappa shape index (κ3) is 6.00. The van der Waals surface area contributed by atoms with Crippen LogP contribution in [0.25, 0.3) is 0 Å². The Kier molecular flexibility index (Phi) is 5.59. The van der Waals surface area contributed by atoms with Crippen LogP contribution in [0.5, 0.6) is 0 Å². The molecule has 2 N–H and O–H groups in total. The number of carbonyl (C=O) groups is 2. The zero-order chi connectivity index (χ0) is 13.6. The molecule has 0 bridgehead atoms. The molecular weight excluding hydrogens is 234 g/mol. The van der Waals surface area contributed by atoms with E-state index >= 15 is 0 Å². The van der Waals surface area contributed by atoms with Crippen molar-refractivity contribution in [1.29, 1.82) is 0 Å². The van der Waals surface area contributed by atoms with Crippen LogP contribution >= 0.6 is 0 Å². The van der Waals surface area contributed by atoms with E-state index in [9.17, 15) is 9.59 Å². The standard InChI is InChI=1S/C13H23NO4/c1-13(2,9-12(16)17)14-11(15)7-6-10-5-3-4-8-18-10/h10H,3-9H2,1-2H3,(H,14,15)(H,16,17). The van der Waals surface area contributed by atoms with Gasteiger partial charge in [-0.3, -0.25) is 9.59 Å². The van der Waals surface area contributed by atoms with Gasteiger partial charge in [-0.15, -0.1) is 0 Å². The van der Waals surface area contributed by atoms with Gasteiger partial charge in [-0.1, -0.05) is 0 Å². The summed E-state index contributed by atoms with van der Waals surface area (Å²) in [6.07, 6.45) is 4.52.